The van der Waals surface area contributed by atoms with Gasteiger partial charge in [0, 0.05) is 6.07 Å². The van der Waals surface area contributed by atoms with Gasteiger partial charge in [0.2, 0.25) is 5.76 Å². The zero-order valence-electron chi connectivity index (χ0n) is 13.5. The van der Waals surface area contributed by atoms with Gasteiger partial charge < -0.3 is 19.3 Å². The largest absolute Gasteiger partial charge is 0.486 e. The molecule has 0 saturated carbocycles. The minimum absolute atomic E-state index is 0.163. The molecular formula is C17H20N2O4. The molecule has 1 aliphatic rings. The van der Waals surface area contributed by atoms with Crippen LogP contribution in [-0.4, -0.2) is 24.3 Å². The van der Waals surface area contributed by atoms with E-state index in [1.54, 1.807) is 13.0 Å². The van der Waals surface area contributed by atoms with Gasteiger partial charge in [0.15, 0.2) is 11.5 Å². The average Bonchev–Trinajstić information content (AvgIpc) is 2.98. The molecule has 122 valence electrons. The number of nitrogens with zero attached hydrogens (tertiary/aromatic N) is 1. The normalized spacial score (nSPS) is 14.6. The molecule has 1 aliphatic heterocycles. The topological polar surface area (TPSA) is 73.6 Å². The zero-order chi connectivity index (χ0) is 16.4. The van der Waals surface area contributed by atoms with Gasteiger partial charge in [-0.3, -0.25) is 4.79 Å². The molecule has 1 atom stereocenters. The number of carbonyl (C=O) groups is 1. The fraction of sp³-hybridized carbons (Fsp3) is 0.412. The first-order valence-electron chi connectivity index (χ1n) is 7.68. The van der Waals surface area contributed by atoms with Gasteiger partial charge in [-0.2, -0.15) is 0 Å². The Hall–Kier alpha value is -2.50. The third kappa shape index (κ3) is 3.31. The Balaban J connectivity index is 1.82. The number of rotatable bonds is 4. The summed E-state index contributed by atoms with van der Waals surface area (Å²) in [6.07, 6.45) is 0. The van der Waals surface area contributed by atoms with Gasteiger partial charge in [-0.15, -0.1) is 0 Å². The third-order valence-corrected chi connectivity index (χ3v) is 3.73. The number of amides is 1. The Bertz CT molecular complexity index is 708. The van der Waals surface area contributed by atoms with Gasteiger partial charge >= 0.3 is 0 Å². The number of carbonyl (C=O) groups excluding carboxylic acids is 1. The predicted octanol–water partition coefficient (Wildman–Crippen LogP) is 2.88. The molecule has 0 unspecified atom stereocenters. The summed E-state index contributed by atoms with van der Waals surface area (Å²) in [5.74, 6) is 1.58. The summed E-state index contributed by atoms with van der Waals surface area (Å²) in [6, 6.07) is 7.21. The Kier molecular flexibility index (Phi) is 4.23. The first-order valence-corrected chi connectivity index (χ1v) is 7.68. The minimum atomic E-state index is -0.279. The first kappa shape index (κ1) is 15.4. The molecule has 0 spiro atoms. The summed E-state index contributed by atoms with van der Waals surface area (Å²) < 4.78 is 16.2. The lowest BCUT2D eigenvalue weighted by molar-refractivity contribution is 0.0888. The van der Waals surface area contributed by atoms with Crippen molar-refractivity contribution in [1.29, 1.82) is 0 Å². The van der Waals surface area contributed by atoms with Crippen molar-refractivity contribution in [3.05, 3.63) is 41.3 Å². The molecule has 0 fully saturated rings. The lowest BCUT2D eigenvalue weighted by atomic mass is 9.95. The van der Waals surface area contributed by atoms with Crippen molar-refractivity contribution >= 4 is 5.91 Å². The highest BCUT2D eigenvalue weighted by molar-refractivity contribution is 5.91. The minimum Gasteiger partial charge on any atom is -0.486 e. The van der Waals surface area contributed by atoms with E-state index in [-0.39, 0.29) is 23.6 Å². The summed E-state index contributed by atoms with van der Waals surface area (Å²) in [4.78, 5) is 12.3. The second-order valence-corrected chi connectivity index (χ2v) is 5.93. The van der Waals surface area contributed by atoms with E-state index in [0.29, 0.717) is 24.7 Å². The van der Waals surface area contributed by atoms with Crippen LogP contribution in [0.3, 0.4) is 0 Å². The van der Waals surface area contributed by atoms with Crippen LogP contribution in [0.5, 0.6) is 11.5 Å². The summed E-state index contributed by atoms with van der Waals surface area (Å²) in [7, 11) is 0. The Morgan fingerprint density at radius 3 is 2.57 bits per heavy atom. The fourth-order valence-corrected chi connectivity index (χ4v) is 2.57. The average molecular weight is 316 g/mol. The summed E-state index contributed by atoms with van der Waals surface area (Å²) >= 11 is 0. The van der Waals surface area contributed by atoms with Crippen LogP contribution in [0.1, 0.15) is 41.7 Å². The smallest absolute Gasteiger partial charge is 0.290 e. The van der Waals surface area contributed by atoms with Crippen LogP contribution in [0.2, 0.25) is 0 Å². The van der Waals surface area contributed by atoms with Crippen LogP contribution in [0.4, 0.5) is 0 Å². The zero-order valence-corrected chi connectivity index (χ0v) is 13.5. The molecule has 1 aromatic carbocycles. The highest BCUT2D eigenvalue weighted by Gasteiger charge is 2.23. The Morgan fingerprint density at radius 1 is 1.17 bits per heavy atom. The van der Waals surface area contributed by atoms with Crippen LogP contribution in [-0.2, 0) is 0 Å². The van der Waals surface area contributed by atoms with Crippen LogP contribution in [0.15, 0.2) is 28.8 Å². The number of fused-ring (bicyclic) bond motifs is 1. The highest BCUT2D eigenvalue weighted by Crippen LogP contribution is 2.34. The number of ether oxygens (including phenoxy) is 2. The van der Waals surface area contributed by atoms with Crippen LogP contribution in [0.25, 0.3) is 0 Å². The third-order valence-electron chi connectivity index (χ3n) is 3.73. The van der Waals surface area contributed by atoms with E-state index in [4.69, 9.17) is 14.0 Å². The molecule has 6 heteroatoms. The molecule has 1 N–H and O–H groups in total. The van der Waals surface area contributed by atoms with Gasteiger partial charge in [0.1, 0.15) is 13.2 Å². The molecule has 0 radical (unpaired) electrons. The molecule has 6 nitrogen and oxygen atoms in total. The molecule has 0 bridgehead atoms. The molecule has 0 aliphatic carbocycles. The molecule has 23 heavy (non-hydrogen) atoms. The fourth-order valence-electron chi connectivity index (χ4n) is 2.57. The van der Waals surface area contributed by atoms with E-state index in [0.717, 1.165) is 11.3 Å². The van der Waals surface area contributed by atoms with E-state index in [9.17, 15) is 4.79 Å². The van der Waals surface area contributed by atoms with Crippen LogP contribution >= 0.6 is 0 Å². The molecule has 2 heterocycles. The number of benzene rings is 1. The lowest BCUT2D eigenvalue weighted by Gasteiger charge is -2.25. The molecule has 2 aromatic rings. The predicted molar refractivity (Wildman–Crippen MR) is 83.7 cm³/mol. The lowest BCUT2D eigenvalue weighted by Crippen LogP contribution is -2.31. The van der Waals surface area contributed by atoms with Crippen LogP contribution in [0, 0.1) is 12.8 Å². The standard InChI is InChI=1S/C17H20N2O4/c1-10(2)16(18-17(20)15-8-11(3)19-23-15)12-4-5-13-14(9-12)22-7-6-21-13/h4-5,8-10,16H,6-7H2,1-3H3,(H,18,20)/t16-/m0/s1. The number of aryl methyl sites for hydroxylation is 1. The number of hydrogen-bond acceptors (Lipinski definition) is 5. The van der Waals surface area contributed by atoms with Crippen LogP contribution < -0.4 is 14.8 Å². The van der Waals surface area contributed by atoms with Crippen molar-refractivity contribution in [1.82, 2.24) is 10.5 Å². The van der Waals surface area contributed by atoms with E-state index in [1.807, 2.05) is 32.0 Å². The van der Waals surface area contributed by atoms with Crippen molar-refractivity contribution in [2.24, 2.45) is 5.92 Å². The van der Waals surface area contributed by atoms with Crippen molar-refractivity contribution < 1.29 is 18.8 Å². The molecule has 1 amide bonds. The number of nitrogens with one attached hydrogen (secondary N) is 1. The van der Waals surface area contributed by atoms with Crippen molar-refractivity contribution in [3.8, 4) is 11.5 Å². The summed E-state index contributed by atoms with van der Waals surface area (Å²) in [6.45, 7) is 6.97. The van der Waals surface area contributed by atoms with Crippen molar-refractivity contribution in [2.75, 3.05) is 13.2 Å². The van der Waals surface area contributed by atoms with Gasteiger partial charge in [-0.05, 0) is 30.5 Å². The van der Waals surface area contributed by atoms with Crippen molar-refractivity contribution in [3.63, 3.8) is 0 Å². The van der Waals surface area contributed by atoms with E-state index in [2.05, 4.69) is 10.5 Å². The first-order chi connectivity index (χ1) is 11.0. The summed E-state index contributed by atoms with van der Waals surface area (Å²) in [5.41, 5.74) is 1.64. The maximum absolute atomic E-state index is 12.3. The summed E-state index contributed by atoms with van der Waals surface area (Å²) in [5, 5.41) is 6.75. The Morgan fingerprint density at radius 2 is 1.91 bits per heavy atom. The van der Waals surface area contributed by atoms with Crippen molar-refractivity contribution in [2.45, 2.75) is 26.8 Å². The Labute approximate surface area is 134 Å². The molecule has 3 rings (SSSR count). The molecule has 0 saturated heterocycles. The second kappa shape index (κ2) is 6.32. The maximum Gasteiger partial charge on any atom is 0.290 e. The van der Waals surface area contributed by atoms with Gasteiger partial charge in [0.05, 0.1) is 11.7 Å². The monoisotopic (exact) mass is 316 g/mol. The van der Waals surface area contributed by atoms with Gasteiger partial charge in [-0.1, -0.05) is 25.1 Å². The molecule has 1 aromatic heterocycles. The second-order valence-electron chi connectivity index (χ2n) is 5.93. The number of hydrogen-bond donors (Lipinski definition) is 1. The quantitative estimate of drug-likeness (QED) is 0.939. The number of aromatic nitrogens is 1. The SMILES string of the molecule is Cc1cc(C(=O)N[C@H](c2ccc3c(c2)OCCO3)C(C)C)on1. The van der Waals surface area contributed by atoms with E-state index < -0.39 is 0 Å². The van der Waals surface area contributed by atoms with E-state index in [1.165, 1.54) is 0 Å². The maximum atomic E-state index is 12.3. The highest BCUT2D eigenvalue weighted by atomic mass is 16.6. The van der Waals surface area contributed by atoms with E-state index >= 15 is 0 Å². The van der Waals surface area contributed by atoms with Gasteiger partial charge in [0.25, 0.3) is 5.91 Å². The molecular weight excluding hydrogens is 296 g/mol. The van der Waals surface area contributed by atoms with Gasteiger partial charge in [-0.25, -0.2) is 0 Å².